The van der Waals surface area contributed by atoms with E-state index in [0.29, 0.717) is 11.3 Å². The van der Waals surface area contributed by atoms with Gasteiger partial charge in [0.05, 0.1) is 0 Å². The quantitative estimate of drug-likeness (QED) is 0.615. The van der Waals surface area contributed by atoms with Crippen LogP contribution >= 0.6 is 23.2 Å². The van der Waals surface area contributed by atoms with Crippen LogP contribution in [0.15, 0.2) is 0 Å². The van der Waals surface area contributed by atoms with Crippen molar-refractivity contribution in [2.75, 3.05) is 5.88 Å². The molecule has 0 heterocycles. The topological polar surface area (TPSA) is 0 Å². The van der Waals surface area contributed by atoms with Gasteiger partial charge >= 0.3 is 0 Å². The average Bonchev–Trinajstić information content (AvgIpc) is 2.05. The minimum atomic E-state index is 0.317. The number of hydrogen-bond donors (Lipinski definition) is 0. The van der Waals surface area contributed by atoms with Crippen LogP contribution in [-0.2, 0) is 0 Å². The van der Waals surface area contributed by atoms with E-state index in [9.17, 15) is 0 Å². The second-order valence-electron chi connectivity index (χ2n) is 3.92. The van der Waals surface area contributed by atoms with Crippen molar-refractivity contribution >= 4 is 23.2 Å². The second kappa shape index (κ2) is 5.34. The van der Waals surface area contributed by atoms with Gasteiger partial charge in [-0.15, -0.1) is 23.2 Å². The Kier molecular flexibility index (Phi) is 4.74. The normalized spacial score (nSPS) is 33.2. The van der Waals surface area contributed by atoms with E-state index < -0.39 is 0 Å². The zero-order chi connectivity index (χ0) is 8.97. The van der Waals surface area contributed by atoms with Crippen molar-refractivity contribution in [3.8, 4) is 0 Å². The van der Waals surface area contributed by atoms with E-state index in [2.05, 4.69) is 6.92 Å². The van der Waals surface area contributed by atoms with Gasteiger partial charge in [-0.1, -0.05) is 26.2 Å². The molecule has 1 aliphatic rings. The molecule has 0 bridgehead atoms. The van der Waals surface area contributed by atoms with Gasteiger partial charge in [0.2, 0.25) is 0 Å². The maximum Gasteiger partial charge on any atom is 0.0378 e. The van der Waals surface area contributed by atoms with Crippen molar-refractivity contribution in [2.24, 2.45) is 11.8 Å². The second-order valence-corrected chi connectivity index (χ2v) is 4.86. The van der Waals surface area contributed by atoms with Crippen molar-refractivity contribution < 1.29 is 0 Å². The summed E-state index contributed by atoms with van der Waals surface area (Å²) in [5.74, 6) is 2.24. The van der Waals surface area contributed by atoms with E-state index in [-0.39, 0.29) is 0 Å². The Morgan fingerprint density at radius 1 is 1.33 bits per heavy atom. The van der Waals surface area contributed by atoms with Crippen molar-refractivity contribution in [2.45, 2.75) is 44.4 Å². The fourth-order valence-corrected chi connectivity index (χ4v) is 3.03. The Balaban J connectivity index is 2.36. The average molecular weight is 209 g/mol. The number of alkyl halides is 2. The summed E-state index contributed by atoms with van der Waals surface area (Å²) in [6.45, 7) is 2.33. The lowest BCUT2D eigenvalue weighted by Crippen LogP contribution is -2.25. The Hall–Kier alpha value is 0.580. The fraction of sp³-hybridized carbons (Fsp3) is 1.00. The van der Waals surface area contributed by atoms with Crippen LogP contribution in [-0.4, -0.2) is 11.3 Å². The van der Waals surface area contributed by atoms with E-state index in [4.69, 9.17) is 23.2 Å². The summed E-state index contributed by atoms with van der Waals surface area (Å²) in [5.41, 5.74) is 0. The molecule has 0 saturated heterocycles. The van der Waals surface area contributed by atoms with E-state index in [0.717, 1.165) is 18.3 Å². The lowest BCUT2D eigenvalue weighted by atomic mass is 9.78. The van der Waals surface area contributed by atoms with Crippen LogP contribution in [0.25, 0.3) is 0 Å². The maximum atomic E-state index is 6.27. The number of halogens is 2. The molecule has 0 aromatic carbocycles. The molecule has 0 spiro atoms. The highest BCUT2D eigenvalue weighted by atomic mass is 35.5. The molecule has 0 aromatic heterocycles. The van der Waals surface area contributed by atoms with E-state index in [1.54, 1.807) is 0 Å². The standard InChI is InChI=1S/C10H18Cl2/c1-8-4-2-3-5-9(8)10(12)6-7-11/h8-10H,2-7H2,1H3. The first kappa shape index (κ1) is 10.7. The third-order valence-electron chi connectivity index (χ3n) is 3.03. The van der Waals surface area contributed by atoms with E-state index in [1.807, 2.05) is 0 Å². The van der Waals surface area contributed by atoms with E-state index in [1.165, 1.54) is 25.7 Å². The molecular weight excluding hydrogens is 191 g/mol. The lowest BCUT2D eigenvalue weighted by molar-refractivity contribution is 0.245. The minimum Gasteiger partial charge on any atom is -0.127 e. The van der Waals surface area contributed by atoms with Gasteiger partial charge in [-0.3, -0.25) is 0 Å². The monoisotopic (exact) mass is 208 g/mol. The number of rotatable bonds is 3. The highest BCUT2D eigenvalue weighted by Gasteiger charge is 2.27. The van der Waals surface area contributed by atoms with Crippen LogP contribution in [0, 0.1) is 11.8 Å². The molecule has 1 saturated carbocycles. The molecule has 0 N–H and O–H groups in total. The SMILES string of the molecule is CC1CCCCC1C(Cl)CCCl. The Bertz CT molecular complexity index is 125. The van der Waals surface area contributed by atoms with Gasteiger partial charge in [-0.2, -0.15) is 0 Å². The molecule has 0 radical (unpaired) electrons. The first-order valence-corrected chi connectivity index (χ1v) is 5.93. The van der Waals surface area contributed by atoms with Gasteiger partial charge < -0.3 is 0 Å². The first-order chi connectivity index (χ1) is 5.75. The third-order valence-corrected chi connectivity index (χ3v) is 3.79. The van der Waals surface area contributed by atoms with Crippen LogP contribution in [0.2, 0.25) is 0 Å². The first-order valence-electron chi connectivity index (χ1n) is 4.95. The summed E-state index contributed by atoms with van der Waals surface area (Å²) in [5, 5.41) is 0.317. The molecule has 0 amide bonds. The molecule has 12 heavy (non-hydrogen) atoms. The third kappa shape index (κ3) is 2.81. The molecule has 0 aromatic rings. The van der Waals surface area contributed by atoms with Crippen LogP contribution < -0.4 is 0 Å². The van der Waals surface area contributed by atoms with Gasteiger partial charge in [0.1, 0.15) is 0 Å². The summed E-state index contributed by atoms with van der Waals surface area (Å²) in [6.07, 6.45) is 6.39. The molecule has 1 rings (SSSR count). The molecule has 0 nitrogen and oxygen atoms in total. The van der Waals surface area contributed by atoms with Crippen molar-refractivity contribution in [3.05, 3.63) is 0 Å². The largest absolute Gasteiger partial charge is 0.127 e. The van der Waals surface area contributed by atoms with Crippen molar-refractivity contribution in [1.29, 1.82) is 0 Å². The summed E-state index contributed by atoms with van der Waals surface area (Å²) < 4.78 is 0. The fourth-order valence-electron chi connectivity index (χ4n) is 2.20. The summed E-state index contributed by atoms with van der Waals surface area (Å²) in [6, 6.07) is 0. The molecule has 2 heteroatoms. The van der Waals surface area contributed by atoms with Crippen LogP contribution in [0.4, 0.5) is 0 Å². The van der Waals surface area contributed by atoms with Gasteiger partial charge in [-0.25, -0.2) is 0 Å². The molecule has 1 fully saturated rings. The molecule has 3 atom stereocenters. The zero-order valence-electron chi connectivity index (χ0n) is 7.73. The molecule has 72 valence electrons. The minimum absolute atomic E-state index is 0.317. The Morgan fingerprint density at radius 3 is 2.58 bits per heavy atom. The van der Waals surface area contributed by atoms with Gasteiger partial charge in [-0.05, 0) is 24.7 Å². The highest BCUT2D eigenvalue weighted by Crippen LogP contribution is 2.35. The lowest BCUT2D eigenvalue weighted by Gasteiger charge is -2.31. The summed E-state index contributed by atoms with van der Waals surface area (Å²) in [4.78, 5) is 0. The predicted octanol–water partition coefficient (Wildman–Crippen LogP) is 4.05. The maximum absolute atomic E-state index is 6.27. The van der Waals surface area contributed by atoms with Crippen LogP contribution in [0.3, 0.4) is 0 Å². The van der Waals surface area contributed by atoms with E-state index >= 15 is 0 Å². The van der Waals surface area contributed by atoms with Gasteiger partial charge in [0.15, 0.2) is 0 Å². The van der Waals surface area contributed by atoms with Crippen molar-refractivity contribution in [3.63, 3.8) is 0 Å². The Labute approximate surface area is 85.6 Å². The Morgan fingerprint density at radius 2 is 2.00 bits per heavy atom. The van der Waals surface area contributed by atoms with Crippen LogP contribution in [0.5, 0.6) is 0 Å². The van der Waals surface area contributed by atoms with Gasteiger partial charge in [0, 0.05) is 11.3 Å². The van der Waals surface area contributed by atoms with Crippen LogP contribution in [0.1, 0.15) is 39.0 Å². The molecule has 3 unspecified atom stereocenters. The summed E-state index contributed by atoms with van der Waals surface area (Å²) in [7, 11) is 0. The number of hydrogen-bond acceptors (Lipinski definition) is 0. The van der Waals surface area contributed by atoms with Gasteiger partial charge in [0.25, 0.3) is 0 Å². The molecular formula is C10H18Cl2. The smallest absolute Gasteiger partial charge is 0.0378 e. The predicted molar refractivity (Wildman–Crippen MR) is 56.1 cm³/mol. The zero-order valence-corrected chi connectivity index (χ0v) is 9.24. The summed E-state index contributed by atoms with van der Waals surface area (Å²) >= 11 is 11.9. The highest BCUT2D eigenvalue weighted by molar-refractivity contribution is 6.22. The molecule has 1 aliphatic carbocycles. The van der Waals surface area contributed by atoms with Crippen molar-refractivity contribution in [1.82, 2.24) is 0 Å². The molecule has 0 aliphatic heterocycles.